The van der Waals surface area contributed by atoms with Crippen molar-refractivity contribution in [1.82, 2.24) is 0 Å². The number of hydrogen-bond donors (Lipinski definition) is 1. The Hall–Kier alpha value is 0.313. The van der Waals surface area contributed by atoms with Crippen LogP contribution in [0.5, 0.6) is 0 Å². The van der Waals surface area contributed by atoms with Gasteiger partial charge in [-0.15, -0.1) is 0 Å². The Balaban J connectivity index is 4.07. The Kier molecular flexibility index (Phi) is 5.27. The quantitative estimate of drug-likeness (QED) is 0.595. The number of ether oxygens (including phenoxy) is 1. The summed E-state index contributed by atoms with van der Waals surface area (Å²) in [6, 6.07) is 0. The van der Waals surface area contributed by atoms with Gasteiger partial charge in [0.05, 0.1) is 0 Å². The normalized spacial score (nSPS) is 11.8. The van der Waals surface area contributed by atoms with E-state index < -0.39 is 21.8 Å². The van der Waals surface area contributed by atoms with E-state index in [9.17, 15) is 4.79 Å². The number of carbonyl (C=O) groups is 1. The van der Waals surface area contributed by atoms with Crippen molar-refractivity contribution in [1.29, 1.82) is 0 Å². The topological polar surface area (TPSA) is 46.5 Å². The summed E-state index contributed by atoms with van der Waals surface area (Å²) in [6.45, 7) is 3.91. The molecule has 0 saturated carbocycles. The molecular weight excluding hydrogens is 353 g/mol. The van der Waals surface area contributed by atoms with Gasteiger partial charge in [-0.1, -0.05) is 0 Å². The fourth-order valence-corrected chi connectivity index (χ4v) is 2.17. The molecule has 0 saturated heterocycles. The molecule has 0 aromatic heterocycles. The molecular formula is C8H17BiO3. The van der Waals surface area contributed by atoms with Crippen LogP contribution in [-0.2, 0) is 9.53 Å². The molecule has 0 aliphatic heterocycles. The molecule has 1 N–H and O–H groups in total. The molecule has 0 bridgehead atoms. The Bertz CT molecular complexity index is 154. The third-order valence-corrected chi connectivity index (χ3v) is 11.3. The molecule has 0 fully saturated rings. The van der Waals surface area contributed by atoms with Gasteiger partial charge in [0, 0.05) is 0 Å². The molecule has 0 aliphatic rings. The summed E-state index contributed by atoms with van der Waals surface area (Å²) < 4.78 is 8.97. The van der Waals surface area contributed by atoms with E-state index in [1.807, 2.05) is 13.8 Å². The van der Waals surface area contributed by atoms with Gasteiger partial charge < -0.3 is 0 Å². The third kappa shape index (κ3) is 3.36. The monoisotopic (exact) mass is 370 g/mol. The standard InChI is InChI=1S/C6H11O3.2CH3.Bi/c1-5(2)6(8)9-4-3-7;;;/h7H,3-4H2,1-2H3;2*1H3;. The third-order valence-electron chi connectivity index (χ3n) is 1.94. The first-order valence-corrected chi connectivity index (χ1v) is 12.6. The van der Waals surface area contributed by atoms with E-state index in [-0.39, 0.29) is 22.3 Å². The molecule has 12 heavy (non-hydrogen) atoms. The van der Waals surface area contributed by atoms with E-state index in [0.717, 1.165) is 0 Å². The van der Waals surface area contributed by atoms with Crippen molar-refractivity contribution in [2.24, 2.45) is 0 Å². The number of carbonyl (C=O) groups excluding carboxylic acids is 1. The molecule has 4 heteroatoms. The SMILES string of the molecule is [CH3][Bi]([CH3])[C](C)(C)C(=O)OCCO. The zero-order chi connectivity index (χ0) is 9.78. The second kappa shape index (κ2) is 5.13. The molecule has 72 valence electrons. The van der Waals surface area contributed by atoms with Crippen molar-refractivity contribution in [3.8, 4) is 0 Å². The summed E-state index contributed by atoms with van der Waals surface area (Å²) in [7, 11) is 0. The van der Waals surface area contributed by atoms with Gasteiger partial charge in [0.25, 0.3) is 0 Å². The van der Waals surface area contributed by atoms with Gasteiger partial charge in [0.2, 0.25) is 0 Å². The van der Waals surface area contributed by atoms with Crippen LogP contribution in [0.4, 0.5) is 0 Å². The van der Waals surface area contributed by atoms with Gasteiger partial charge in [-0.05, 0) is 0 Å². The van der Waals surface area contributed by atoms with E-state index in [1.54, 1.807) is 0 Å². The molecule has 0 radical (unpaired) electrons. The number of aliphatic hydroxyl groups is 1. The first kappa shape index (κ1) is 12.3. The molecule has 0 heterocycles. The van der Waals surface area contributed by atoms with Gasteiger partial charge in [0.1, 0.15) is 0 Å². The van der Waals surface area contributed by atoms with Crippen molar-refractivity contribution >= 4 is 27.7 Å². The molecule has 0 aromatic carbocycles. The summed E-state index contributed by atoms with van der Waals surface area (Å²) in [5.74, 6) is -0.153. The van der Waals surface area contributed by atoms with Crippen LogP contribution in [0, 0.1) is 0 Å². The van der Waals surface area contributed by atoms with Gasteiger partial charge in [0.15, 0.2) is 0 Å². The summed E-state index contributed by atoms with van der Waals surface area (Å²) in [5.41, 5.74) is 0. The van der Waals surface area contributed by atoms with E-state index in [1.165, 1.54) is 0 Å². The summed E-state index contributed by atoms with van der Waals surface area (Å²) in [5, 5.41) is 8.46. The van der Waals surface area contributed by atoms with Gasteiger partial charge >= 0.3 is 81.8 Å². The number of hydrogen-bond acceptors (Lipinski definition) is 3. The minimum atomic E-state index is -1.63. The van der Waals surface area contributed by atoms with Crippen molar-refractivity contribution in [2.45, 2.75) is 26.2 Å². The first-order valence-electron chi connectivity index (χ1n) is 3.88. The van der Waals surface area contributed by atoms with Gasteiger partial charge in [-0.3, -0.25) is 0 Å². The van der Waals surface area contributed by atoms with Crippen molar-refractivity contribution in [3.05, 3.63) is 0 Å². The second-order valence-electron chi connectivity index (χ2n) is 3.31. The number of aliphatic hydroxyl groups excluding tert-OH is 1. The predicted molar refractivity (Wildman–Crippen MR) is 49.6 cm³/mol. The Morgan fingerprint density at radius 1 is 1.50 bits per heavy atom. The maximum absolute atomic E-state index is 11.4. The van der Waals surface area contributed by atoms with Crippen molar-refractivity contribution < 1.29 is 14.6 Å². The average molecular weight is 370 g/mol. The number of esters is 1. The first-order chi connectivity index (χ1) is 5.42. The molecule has 0 aromatic rings. The zero-order valence-corrected chi connectivity index (χ0v) is 11.6. The fourth-order valence-electron chi connectivity index (χ4n) is 0.498. The summed E-state index contributed by atoms with van der Waals surface area (Å²) >= 11 is -1.63. The van der Waals surface area contributed by atoms with Crippen LogP contribution >= 0.6 is 0 Å². The van der Waals surface area contributed by atoms with E-state index in [2.05, 4.69) is 9.26 Å². The molecule has 0 aliphatic carbocycles. The summed E-state index contributed by atoms with van der Waals surface area (Å²) in [4.78, 5) is 11.4. The molecule has 0 atom stereocenters. The predicted octanol–water partition coefficient (Wildman–Crippen LogP) is 1.06. The Labute approximate surface area is 81.8 Å². The molecule has 3 nitrogen and oxygen atoms in total. The Morgan fingerprint density at radius 3 is 2.33 bits per heavy atom. The zero-order valence-electron chi connectivity index (χ0n) is 8.13. The summed E-state index contributed by atoms with van der Waals surface area (Å²) in [6.07, 6.45) is 0. The van der Waals surface area contributed by atoms with Crippen LogP contribution in [-0.4, -0.2) is 46.0 Å². The van der Waals surface area contributed by atoms with Crippen LogP contribution in [0.1, 0.15) is 13.8 Å². The van der Waals surface area contributed by atoms with Crippen LogP contribution < -0.4 is 0 Å². The van der Waals surface area contributed by atoms with Crippen LogP contribution in [0.25, 0.3) is 0 Å². The Morgan fingerprint density at radius 2 is 2.00 bits per heavy atom. The van der Waals surface area contributed by atoms with Gasteiger partial charge in [-0.25, -0.2) is 0 Å². The van der Waals surface area contributed by atoms with Crippen LogP contribution in [0.2, 0.25) is 12.4 Å². The molecule has 0 amide bonds. The van der Waals surface area contributed by atoms with Crippen molar-refractivity contribution in [2.75, 3.05) is 13.2 Å². The molecule has 0 rings (SSSR count). The maximum atomic E-state index is 11.4. The fraction of sp³-hybridized carbons (Fsp3) is 0.875. The van der Waals surface area contributed by atoms with E-state index in [4.69, 9.17) is 9.84 Å². The minimum absolute atomic E-state index is 0.0886. The van der Waals surface area contributed by atoms with Crippen LogP contribution in [0.3, 0.4) is 0 Å². The number of rotatable bonds is 4. The van der Waals surface area contributed by atoms with E-state index in [0.29, 0.717) is 0 Å². The second-order valence-corrected chi connectivity index (χ2v) is 14.6. The van der Waals surface area contributed by atoms with Crippen molar-refractivity contribution in [3.63, 3.8) is 0 Å². The van der Waals surface area contributed by atoms with Gasteiger partial charge in [-0.2, -0.15) is 0 Å². The molecule has 0 spiro atoms. The molecule has 0 unspecified atom stereocenters. The van der Waals surface area contributed by atoms with Crippen LogP contribution in [0.15, 0.2) is 0 Å². The van der Waals surface area contributed by atoms with E-state index >= 15 is 0 Å². The average Bonchev–Trinajstić information content (AvgIpc) is 1.99.